The van der Waals surface area contributed by atoms with Crippen molar-refractivity contribution in [3.63, 3.8) is 0 Å². The quantitative estimate of drug-likeness (QED) is 0.631. The summed E-state index contributed by atoms with van der Waals surface area (Å²) in [6.07, 6.45) is -4.71. The predicted octanol–water partition coefficient (Wildman–Crippen LogP) is 2.75. The molecular weight excluding hydrogens is 351 g/mol. The van der Waals surface area contributed by atoms with E-state index in [2.05, 4.69) is 15.5 Å². The maximum Gasteiger partial charge on any atom is 0.450 e. The van der Waals surface area contributed by atoms with Crippen molar-refractivity contribution in [1.29, 1.82) is 0 Å². The molecule has 6 nitrogen and oxygen atoms in total. The molecule has 0 saturated heterocycles. The van der Waals surface area contributed by atoms with Crippen LogP contribution in [0.2, 0.25) is 0 Å². The summed E-state index contributed by atoms with van der Waals surface area (Å²) >= 11 is 0. The zero-order valence-corrected chi connectivity index (χ0v) is 13.6. The number of methoxy groups -OCH3 is 1. The van der Waals surface area contributed by atoms with Crippen LogP contribution in [0.1, 0.15) is 22.5 Å². The highest BCUT2D eigenvalue weighted by Crippen LogP contribution is 2.19. The van der Waals surface area contributed by atoms with Gasteiger partial charge in [-0.25, -0.2) is 5.43 Å². The normalized spacial score (nSPS) is 11.8. The van der Waals surface area contributed by atoms with Gasteiger partial charge in [-0.2, -0.15) is 18.3 Å². The molecule has 1 aromatic heterocycles. The third-order valence-corrected chi connectivity index (χ3v) is 3.23. The molecule has 0 unspecified atom stereocenters. The van der Waals surface area contributed by atoms with Gasteiger partial charge in [-0.3, -0.25) is 14.6 Å². The number of halogens is 3. The number of ketones is 1. The number of ether oxygens (including phenoxy) is 1. The lowest BCUT2D eigenvalue weighted by atomic mass is 10.1. The van der Waals surface area contributed by atoms with Gasteiger partial charge in [-0.05, 0) is 30.3 Å². The van der Waals surface area contributed by atoms with Crippen LogP contribution in [0.5, 0.6) is 5.75 Å². The van der Waals surface area contributed by atoms with E-state index in [0.717, 1.165) is 0 Å². The summed E-state index contributed by atoms with van der Waals surface area (Å²) in [6, 6.07) is 10.6. The summed E-state index contributed by atoms with van der Waals surface area (Å²) in [4.78, 5) is 27.3. The van der Waals surface area contributed by atoms with E-state index < -0.39 is 24.3 Å². The fraction of sp³-hybridized carbons (Fsp3) is 0.176. The number of hydrazone groups is 1. The van der Waals surface area contributed by atoms with Crippen LogP contribution < -0.4 is 10.2 Å². The first-order valence-electron chi connectivity index (χ1n) is 7.33. The Bertz CT molecular complexity index is 821. The van der Waals surface area contributed by atoms with E-state index in [0.29, 0.717) is 5.75 Å². The van der Waals surface area contributed by atoms with Crippen molar-refractivity contribution in [2.24, 2.45) is 5.10 Å². The maximum atomic E-state index is 12.5. The molecule has 2 aromatic rings. The summed E-state index contributed by atoms with van der Waals surface area (Å²) in [5.41, 5.74) is 2.08. The Morgan fingerprint density at radius 1 is 1.19 bits per heavy atom. The third-order valence-electron chi connectivity index (χ3n) is 3.23. The number of aromatic nitrogens is 1. The second-order valence-corrected chi connectivity index (χ2v) is 5.04. The van der Waals surface area contributed by atoms with Gasteiger partial charge in [0.25, 0.3) is 5.91 Å². The largest absolute Gasteiger partial charge is 0.497 e. The first kappa shape index (κ1) is 19.1. The standard InChI is InChI=1S/C17H14F3N3O3/c1-26-12-6-4-5-11(9-12)16(25)23-22-14(10-15(24)17(18,19)20)13-7-2-3-8-21-13/h2-9H,10H2,1H3,(H,23,25)/b22-14-. The third kappa shape index (κ3) is 5.13. The monoisotopic (exact) mass is 365 g/mol. The van der Waals surface area contributed by atoms with Gasteiger partial charge in [-0.15, -0.1) is 0 Å². The van der Waals surface area contributed by atoms with Crippen LogP contribution in [0.4, 0.5) is 13.2 Å². The first-order chi connectivity index (χ1) is 12.3. The van der Waals surface area contributed by atoms with E-state index in [9.17, 15) is 22.8 Å². The summed E-state index contributed by atoms with van der Waals surface area (Å²) in [7, 11) is 1.43. The molecule has 0 atom stereocenters. The molecule has 0 saturated carbocycles. The predicted molar refractivity (Wildman–Crippen MR) is 86.9 cm³/mol. The zero-order valence-electron chi connectivity index (χ0n) is 13.6. The van der Waals surface area contributed by atoms with Gasteiger partial charge in [0.2, 0.25) is 5.78 Å². The number of benzene rings is 1. The van der Waals surface area contributed by atoms with Crippen molar-refractivity contribution in [3.8, 4) is 5.75 Å². The lowest BCUT2D eigenvalue weighted by molar-refractivity contribution is -0.169. The number of hydrogen-bond acceptors (Lipinski definition) is 5. The number of hydrogen-bond donors (Lipinski definition) is 1. The van der Waals surface area contributed by atoms with Crippen LogP contribution >= 0.6 is 0 Å². The van der Waals surface area contributed by atoms with E-state index in [1.54, 1.807) is 18.2 Å². The minimum Gasteiger partial charge on any atom is -0.497 e. The molecule has 0 bridgehead atoms. The van der Waals surface area contributed by atoms with E-state index in [1.165, 1.54) is 37.6 Å². The average Bonchev–Trinajstić information content (AvgIpc) is 2.64. The van der Waals surface area contributed by atoms with Gasteiger partial charge in [-0.1, -0.05) is 12.1 Å². The Morgan fingerprint density at radius 2 is 1.96 bits per heavy atom. The number of nitrogens with zero attached hydrogens (tertiary/aromatic N) is 2. The molecular formula is C17H14F3N3O3. The Morgan fingerprint density at radius 3 is 2.58 bits per heavy atom. The van der Waals surface area contributed by atoms with Gasteiger partial charge in [0, 0.05) is 11.8 Å². The Hall–Kier alpha value is -3.23. The van der Waals surface area contributed by atoms with Crippen LogP contribution in [-0.4, -0.2) is 35.7 Å². The summed E-state index contributed by atoms with van der Waals surface area (Å²) in [5.74, 6) is -2.23. The molecule has 0 aliphatic rings. The molecule has 1 amide bonds. The molecule has 1 aromatic carbocycles. The molecule has 0 aliphatic heterocycles. The number of carbonyl (C=O) groups excluding carboxylic acids is 2. The number of Topliss-reactive ketones (excluding diaryl/α,β-unsaturated/α-hetero) is 1. The van der Waals surface area contributed by atoms with Crippen molar-refractivity contribution < 1.29 is 27.5 Å². The second-order valence-electron chi connectivity index (χ2n) is 5.04. The topological polar surface area (TPSA) is 80.6 Å². The summed E-state index contributed by atoms with van der Waals surface area (Å²) in [5, 5.41) is 3.67. The molecule has 2 rings (SSSR count). The molecule has 136 valence electrons. The maximum absolute atomic E-state index is 12.5. The molecule has 9 heteroatoms. The molecule has 0 aliphatic carbocycles. The van der Waals surface area contributed by atoms with Gasteiger partial charge in [0.1, 0.15) is 5.75 Å². The van der Waals surface area contributed by atoms with Crippen LogP contribution in [0, 0.1) is 0 Å². The Labute approximate surface area is 146 Å². The lowest BCUT2D eigenvalue weighted by Gasteiger charge is -2.09. The SMILES string of the molecule is COc1cccc(C(=O)N/N=C(/CC(=O)C(F)(F)F)c2ccccn2)c1. The van der Waals surface area contributed by atoms with E-state index in [4.69, 9.17) is 4.74 Å². The fourth-order valence-electron chi connectivity index (χ4n) is 1.92. The lowest BCUT2D eigenvalue weighted by Crippen LogP contribution is -2.28. The highest BCUT2D eigenvalue weighted by Gasteiger charge is 2.39. The minimum atomic E-state index is -5.01. The van der Waals surface area contributed by atoms with Crippen molar-refractivity contribution in [3.05, 3.63) is 59.9 Å². The highest BCUT2D eigenvalue weighted by atomic mass is 19.4. The summed E-state index contributed by atoms with van der Waals surface area (Å²) in [6.45, 7) is 0. The zero-order chi connectivity index (χ0) is 19.2. The number of carbonyl (C=O) groups is 2. The van der Waals surface area contributed by atoms with Crippen LogP contribution in [0.3, 0.4) is 0 Å². The number of nitrogens with one attached hydrogen (secondary N) is 1. The molecule has 0 radical (unpaired) electrons. The number of alkyl halides is 3. The van der Waals surface area contributed by atoms with Crippen molar-refractivity contribution in [2.75, 3.05) is 7.11 Å². The van der Waals surface area contributed by atoms with Crippen molar-refractivity contribution in [2.45, 2.75) is 12.6 Å². The smallest absolute Gasteiger partial charge is 0.450 e. The Balaban J connectivity index is 2.24. The van der Waals surface area contributed by atoms with E-state index >= 15 is 0 Å². The van der Waals surface area contributed by atoms with Gasteiger partial charge in [0.05, 0.1) is 24.9 Å². The minimum absolute atomic E-state index is 0.0519. The van der Waals surface area contributed by atoms with Crippen molar-refractivity contribution >= 4 is 17.4 Å². The average molecular weight is 365 g/mol. The summed E-state index contributed by atoms with van der Waals surface area (Å²) < 4.78 is 42.6. The number of pyridine rings is 1. The molecule has 1 N–H and O–H groups in total. The number of rotatable bonds is 6. The van der Waals surface area contributed by atoms with Gasteiger partial charge >= 0.3 is 6.18 Å². The van der Waals surface area contributed by atoms with Gasteiger partial charge < -0.3 is 4.74 Å². The van der Waals surface area contributed by atoms with Crippen molar-refractivity contribution in [1.82, 2.24) is 10.4 Å². The molecule has 26 heavy (non-hydrogen) atoms. The number of amides is 1. The fourth-order valence-corrected chi connectivity index (χ4v) is 1.92. The highest BCUT2D eigenvalue weighted by molar-refractivity contribution is 6.11. The van der Waals surface area contributed by atoms with E-state index in [-0.39, 0.29) is 17.0 Å². The van der Waals surface area contributed by atoms with Crippen LogP contribution in [-0.2, 0) is 4.79 Å². The molecule has 1 heterocycles. The second kappa shape index (κ2) is 8.24. The van der Waals surface area contributed by atoms with Crippen LogP contribution in [0.15, 0.2) is 53.8 Å². The van der Waals surface area contributed by atoms with Crippen LogP contribution in [0.25, 0.3) is 0 Å². The Kier molecular flexibility index (Phi) is 6.05. The molecule has 0 fully saturated rings. The molecule has 0 spiro atoms. The van der Waals surface area contributed by atoms with Gasteiger partial charge in [0.15, 0.2) is 0 Å². The first-order valence-corrected chi connectivity index (χ1v) is 7.33. The van der Waals surface area contributed by atoms with E-state index in [1.807, 2.05) is 0 Å².